The maximum Gasteiger partial charge on any atom is 0.254 e. The van der Waals surface area contributed by atoms with Gasteiger partial charge in [0.1, 0.15) is 0 Å². The van der Waals surface area contributed by atoms with E-state index in [1.165, 1.54) is 0 Å². The van der Waals surface area contributed by atoms with Crippen LogP contribution in [0.25, 0.3) is 5.69 Å². The van der Waals surface area contributed by atoms with Crippen LogP contribution in [0.3, 0.4) is 0 Å². The lowest BCUT2D eigenvalue weighted by atomic mass is 10.1. The van der Waals surface area contributed by atoms with Gasteiger partial charge in [-0.05, 0) is 37.3 Å². The van der Waals surface area contributed by atoms with E-state index in [0.717, 1.165) is 24.9 Å². The second-order valence-electron chi connectivity index (χ2n) is 5.50. The molecule has 0 aliphatic heterocycles. The Bertz CT molecular complexity index is 611. The van der Waals surface area contributed by atoms with Gasteiger partial charge in [0.15, 0.2) is 0 Å². The van der Waals surface area contributed by atoms with Gasteiger partial charge >= 0.3 is 0 Å². The van der Waals surface area contributed by atoms with E-state index in [1.807, 2.05) is 30.3 Å². The fourth-order valence-corrected chi connectivity index (χ4v) is 3.08. The van der Waals surface area contributed by atoms with Gasteiger partial charge in [0, 0.05) is 18.1 Å². The zero-order valence-corrected chi connectivity index (χ0v) is 12.5. The van der Waals surface area contributed by atoms with Crippen LogP contribution in [0.5, 0.6) is 0 Å². The number of amides is 1. The maximum absolute atomic E-state index is 12.1. The summed E-state index contributed by atoms with van der Waals surface area (Å²) in [5.74, 6) is 0.427. The van der Waals surface area contributed by atoms with E-state index < -0.39 is 0 Å². The number of hydrogen-bond acceptors (Lipinski definition) is 2. The third kappa shape index (κ3) is 3.45. The second-order valence-corrected chi connectivity index (χ2v) is 6.11. The number of carbonyl (C=O) groups excluding carboxylic acids is 1. The van der Waals surface area contributed by atoms with Crippen LogP contribution in [0.2, 0.25) is 0 Å². The van der Waals surface area contributed by atoms with Crippen molar-refractivity contribution in [2.45, 2.75) is 24.6 Å². The Labute approximate surface area is 129 Å². The third-order valence-corrected chi connectivity index (χ3v) is 4.29. The molecule has 1 saturated carbocycles. The lowest BCUT2D eigenvalue weighted by Gasteiger charge is -2.09. The highest BCUT2D eigenvalue weighted by molar-refractivity contribution is 6.20. The van der Waals surface area contributed by atoms with Gasteiger partial charge in [0.2, 0.25) is 0 Å². The van der Waals surface area contributed by atoms with Gasteiger partial charge < -0.3 is 5.32 Å². The van der Waals surface area contributed by atoms with Crippen molar-refractivity contribution in [2.24, 2.45) is 5.92 Å². The first-order chi connectivity index (χ1) is 10.2. The van der Waals surface area contributed by atoms with Gasteiger partial charge in [-0.25, -0.2) is 4.68 Å². The first-order valence-electron chi connectivity index (χ1n) is 7.25. The molecule has 0 saturated heterocycles. The highest BCUT2D eigenvalue weighted by atomic mass is 35.5. The molecule has 0 bridgehead atoms. The van der Waals surface area contributed by atoms with Crippen molar-refractivity contribution < 1.29 is 4.79 Å². The predicted molar refractivity (Wildman–Crippen MR) is 82.9 cm³/mol. The Morgan fingerprint density at radius 2 is 2.14 bits per heavy atom. The lowest BCUT2D eigenvalue weighted by molar-refractivity contribution is 0.0947. The van der Waals surface area contributed by atoms with Gasteiger partial charge in [0.25, 0.3) is 5.91 Å². The number of nitrogens with one attached hydrogen (secondary N) is 1. The lowest BCUT2D eigenvalue weighted by Crippen LogP contribution is -2.28. The summed E-state index contributed by atoms with van der Waals surface area (Å²) < 4.78 is 1.71. The molecule has 3 rings (SSSR count). The normalized spacial score (nSPS) is 21.4. The number of para-hydroxylation sites is 1. The molecule has 110 valence electrons. The highest BCUT2D eigenvalue weighted by Gasteiger charge is 2.23. The standard InChI is InChI=1S/C16H18ClN3O/c17-14-7-6-12(8-14)9-18-16(21)13-10-19-20(11-13)15-4-2-1-3-5-15/h1-5,10-12,14H,6-9H2,(H,18,21). The number of benzene rings is 1. The zero-order chi connectivity index (χ0) is 14.7. The summed E-state index contributed by atoms with van der Waals surface area (Å²) in [7, 11) is 0. The van der Waals surface area contributed by atoms with Gasteiger partial charge in [-0.2, -0.15) is 5.10 Å². The maximum atomic E-state index is 12.1. The molecular weight excluding hydrogens is 286 g/mol. The minimum atomic E-state index is -0.0739. The Morgan fingerprint density at radius 1 is 1.33 bits per heavy atom. The first kappa shape index (κ1) is 14.1. The molecule has 1 heterocycles. The molecule has 21 heavy (non-hydrogen) atoms. The third-order valence-electron chi connectivity index (χ3n) is 3.89. The summed E-state index contributed by atoms with van der Waals surface area (Å²) in [6.07, 6.45) is 6.49. The summed E-state index contributed by atoms with van der Waals surface area (Å²) in [5.41, 5.74) is 1.52. The molecule has 2 aromatic rings. The van der Waals surface area contributed by atoms with Crippen LogP contribution in [0.4, 0.5) is 0 Å². The zero-order valence-electron chi connectivity index (χ0n) is 11.7. The molecule has 0 spiro atoms. The SMILES string of the molecule is O=C(NCC1CCC(Cl)C1)c1cnn(-c2ccccc2)c1. The number of aromatic nitrogens is 2. The monoisotopic (exact) mass is 303 g/mol. The minimum Gasteiger partial charge on any atom is -0.352 e. The van der Waals surface area contributed by atoms with Gasteiger partial charge in [0.05, 0.1) is 17.4 Å². The molecule has 1 N–H and O–H groups in total. The van der Waals surface area contributed by atoms with Gasteiger partial charge in [-0.15, -0.1) is 11.6 Å². The molecule has 2 atom stereocenters. The number of rotatable bonds is 4. The molecule has 1 amide bonds. The van der Waals surface area contributed by atoms with E-state index in [-0.39, 0.29) is 11.3 Å². The summed E-state index contributed by atoms with van der Waals surface area (Å²) in [6.45, 7) is 0.693. The Kier molecular flexibility index (Phi) is 4.25. The van der Waals surface area contributed by atoms with E-state index in [0.29, 0.717) is 18.0 Å². The fourth-order valence-electron chi connectivity index (χ4n) is 2.70. The summed E-state index contributed by atoms with van der Waals surface area (Å²) in [4.78, 5) is 12.1. The number of nitrogens with zero attached hydrogens (tertiary/aromatic N) is 2. The summed E-state index contributed by atoms with van der Waals surface area (Å²) >= 11 is 6.08. The second kappa shape index (κ2) is 6.31. The summed E-state index contributed by atoms with van der Waals surface area (Å²) in [5, 5.41) is 7.48. The Hall–Kier alpha value is -1.81. The Morgan fingerprint density at radius 3 is 2.86 bits per heavy atom. The van der Waals surface area contributed by atoms with Crippen LogP contribution in [-0.2, 0) is 0 Å². The molecule has 1 aliphatic carbocycles. The van der Waals surface area contributed by atoms with E-state index in [2.05, 4.69) is 10.4 Å². The fraction of sp³-hybridized carbons (Fsp3) is 0.375. The molecule has 2 unspecified atom stereocenters. The van der Waals surface area contributed by atoms with Crippen LogP contribution in [-0.4, -0.2) is 27.6 Å². The van der Waals surface area contributed by atoms with Crippen molar-refractivity contribution >= 4 is 17.5 Å². The average Bonchev–Trinajstić information content (AvgIpc) is 3.15. The first-order valence-corrected chi connectivity index (χ1v) is 7.68. The van der Waals surface area contributed by atoms with Crippen LogP contribution in [0.1, 0.15) is 29.6 Å². The van der Waals surface area contributed by atoms with Crippen molar-refractivity contribution in [1.82, 2.24) is 15.1 Å². The van der Waals surface area contributed by atoms with E-state index in [9.17, 15) is 4.79 Å². The van der Waals surface area contributed by atoms with Crippen molar-refractivity contribution in [1.29, 1.82) is 0 Å². The van der Waals surface area contributed by atoms with Crippen LogP contribution >= 0.6 is 11.6 Å². The molecule has 1 aromatic carbocycles. The number of alkyl halides is 1. The predicted octanol–water partition coefficient (Wildman–Crippen LogP) is 3.01. The molecule has 1 aromatic heterocycles. The molecule has 1 aliphatic rings. The molecule has 4 nitrogen and oxygen atoms in total. The molecular formula is C16H18ClN3O. The van der Waals surface area contributed by atoms with Crippen molar-refractivity contribution in [3.8, 4) is 5.69 Å². The van der Waals surface area contributed by atoms with Crippen molar-refractivity contribution in [3.63, 3.8) is 0 Å². The molecule has 1 fully saturated rings. The average molecular weight is 304 g/mol. The van der Waals surface area contributed by atoms with E-state index in [1.54, 1.807) is 17.1 Å². The van der Waals surface area contributed by atoms with E-state index in [4.69, 9.17) is 11.6 Å². The Balaban J connectivity index is 1.59. The van der Waals surface area contributed by atoms with E-state index >= 15 is 0 Å². The number of hydrogen-bond donors (Lipinski definition) is 1. The molecule has 5 heteroatoms. The van der Waals surface area contributed by atoms with Crippen molar-refractivity contribution in [2.75, 3.05) is 6.54 Å². The van der Waals surface area contributed by atoms with Gasteiger partial charge in [-0.1, -0.05) is 18.2 Å². The van der Waals surface area contributed by atoms with Crippen LogP contribution < -0.4 is 5.32 Å². The highest BCUT2D eigenvalue weighted by Crippen LogP contribution is 2.28. The smallest absolute Gasteiger partial charge is 0.254 e. The summed E-state index contributed by atoms with van der Waals surface area (Å²) in [6, 6.07) is 9.74. The van der Waals surface area contributed by atoms with Crippen LogP contribution in [0.15, 0.2) is 42.7 Å². The van der Waals surface area contributed by atoms with Crippen molar-refractivity contribution in [3.05, 3.63) is 48.3 Å². The van der Waals surface area contributed by atoms with Crippen LogP contribution in [0, 0.1) is 5.92 Å². The number of carbonyl (C=O) groups is 1. The topological polar surface area (TPSA) is 46.9 Å². The number of halogens is 1. The quantitative estimate of drug-likeness (QED) is 0.883. The largest absolute Gasteiger partial charge is 0.352 e. The minimum absolute atomic E-state index is 0.0739. The molecule has 0 radical (unpaired) electrons. The van der Waals surface area contributed by atoms with Gasteiger partial charge in [-0.3, -0.25) is 4.79 Å².